The van der Waals surface area contributed by atoms with E-state index in [0.717, 1.165) is 5.56 Å². The van der Waals surface area contributed by atoms with E-state index in [1.807, 2.05) is 13.0 Å². The van der Waals surface area contributed by atoms with Gasteiger partial charge in [0.1, 0.15) is 17.5 Å². The van der Waals surface area contributed by atoms with Crippen molar-refractivity contribution >= 4 is 23.4 Å². The predicted molar refractivity (Wildman–Crippen MR) is 137 cm³/mol. The quantitative estimate of drug-likeness (QED) is 0.445. The Morgan fingerprint density at radius 2 is 1.95 bits per heavy atom. The molecule has 4 rings (SSSR count). The van der Waals surface area contributed by atoms with E-state index in [2.05, 4.69) is 15.5 Å². The normalized spacial score (nSPS) is 19.0. The zero-order valence-corrected chi connectivity index (χ0v) is 21.4. The van der Waals surface area contributed by atoms with Crippen molar-refractivity contribution in [2.24, 2.45) is 5.92 Å². The number of rotatable bonds is 7. The summed E-state index contributed by atoms with van der Waals surface area (Å²) in [6.07, 6.45) is -4.99. The molecule has 2 aliphatic rings. The van der Waals surface area contributed by atoms with Gasteiger partial charge in [-0.3, -0.25) is 0 Å². The van der Waals surface area contributed by atoms with Crippen LogP contribution in [0.5, 0.6) is 0 Å². The molecule has 2 amide bonds. The molecule has 1 aromatic carbocycles. The number of morpholine rings is 1. The average Bonchev–Trinajstić information content (AvgIpc) is 3.33. The summed E-state index contributed by atoms with van der Waals surface area (Å²) in [5.74, 6) is -0.0738. The third kappa shape index (κ3) is 7.04. The second kappa shape index (κ2) is 11.7. The molecule has 0 spiro atoms. The largest absolute Gasteiger partial charge is 0.394 e. The fourth-order valence-electron chi connectivity index (χ4n) is 4.78. The molecule has 2 saturated heterocycles. The highest BCUT2D eigenvalue weighted by molar-refractivity contribution is 5.91. The smallest absolute Gasteiger partial charge is 0.389 e. The number of aromatic nitrogens is 1. The number of hydrogen-bond acceptors (Lipinski definition) is 6. The fraction of sp³-hybridized carbons (Fsp3) is 0.538. The average molecular weight is 540 g/mol. The van der Waals surface area contributed by atoms with Crippen LogP contribution in [0, 0.1) is 18.7 Å². The topological polar surface area (TPSA) is 90.0 Å². The van der Waals surface area contributed by atoms with Crippen molar-refractivity contribution in [3.63, 3.8) is 0 Å². The molecule has 3 N–H and O–H groups in total. The molecule has 2 atom stereocenters. The third-order valence-corrected chi connectivity index (χ3v) is 6.77. The minimum absolute atomic E-state index is 0.0307. The molecule has 38 heavy (non-hydrogen) atoms. The first kappa shape index (κ1) is 27.9. The van der Waals surface area contributed by atoms with Crippen LogP contribution in [0.4, 0.5) is 39.7 Å². The Kier molecular flexibility index (Phi) is 8.61. The number of hydrogen-bond donors (Lipinski definition) is 3. The number of nitrogens with one attached hydrogen (secondary N) is 2. The Bertz CT molecular complexity index is 1140. The van der Waals surface area contributed by atoms with Gasteiger partial charge in [-0.05, 0) is 67.1 Å². The minimum atomic E-state index is -4.29. The highest BCUT2D eigenvalue weighted by atomic mass is 19.4. The highest BCUT2D eigenvalue weighted by Crippen LogP contribution is 2.34. The molecule has 0 aliphatic carbocycles. The summed E-state index contributed by atoms with van der Waals surface area (Å²) in [7, 11) is 0. The van der Waals surface area contributed by atoms with Crippen LogP contribution in [0.1, 0.15) is 25.3 Å². The SMILES string of the molecule is Cc1cc(F)c(NC(=O)N2CC[C@@H](CC(F)(F)F)C2)cc1-c1cc(N[C@H](C)CO)nc(N2CCOCC2)c1. The number of likely N-dealkylation sites (tertiary alicyclic amines) is 1. The second-order valence-electron chi connectivity index (χ2n) is 9.92. The van der Waals surface area contributed by atoms with Crippen LogP contribution in [-0.2, 0) is 4.74 Å². The van der Waals surface area contributed by atoms with Gasteiger partial charge in [0, 0.05) is 38.6 Å². The number of benzene rings is 1. The molecular weight excluding hydrogens is 506 g/mol. The Labute approximate surface area is 219 Å². The number of aryl methyl sites for hydroxylation is 1. The van der Waals surface area contributed by atoms with Crippen LogP contribution in [0.15, 0.2) is 24.3 Å². The lowest BCUT2D eigenvalue weighted by atomic mass is 9.99. The summed E-state index contributed by atoms with van der Waals surface area (Å²) in [6, 6.07) is 5.65. The first-order valence-corrected chi connectivity index (χ1v) is 12.7. The van der Waals surface area contributed by atoms with Gasteiger partial charge >= 0.3 is 12.2 Å². The van der Waals surface area contributed by atoms with E-state index in [0.29, 0.717) is 49.1 Å². The number of pyridine rings is 1. The summed E-state index contributed by atoms with van der Waals surface area (Å²) >= 11 is 0. The van der Waals surface area contributed by atoms with Crippen LogP contribution < -0.4 is 15.5 Å². The monoisotopic (exact) mass is 539 g/mol. The lowest BCUT2D eigenvalue weighted by Gasteiger charge is -2.29. The number of aliphatic hydroxyl groups excluding tert-OH is 1. The molecule has 12 heteroatoms. The van der Waals surface area contributed by atoms with Crippen molar-refractivity contribution in [3.05, 3.63) is 35.6 Å². The standard InChI is InChI=1S/C26H33F4N5O3/c1-16-9-21(27)22(32-25(37)35-4-3-18(14-35)13-26(28,29)30)12-20(16)19-10-23(31-17(2)15-36)33-24(11-19)34-5-7-38-8-6-34/h9-12,17-18,36H,3-8,13-15H2,1-2H3,(H,31,33)(H,32,37)/t17-,18+/m1/s1. The zero-order valence-electron chi connectivity index (χ0n) is 21.4. The Hall–Kier alpha value is -3.12. The van der Waals surface area contributed by atoms with Crippen LogP contribution in [-0.4, -0.2) is 79.2 Å². The number of carbonyl (C=O) groups excluding carboxylic acids is 1. The number of aliphatic hydroxyl groups is 1. The van der Waals surface area contributed by atoms with E-state index in [9.17, 15) is 27.5 Å². The van der Waals surface area contributed by atoms with Gasteiger partial charge in [0.2, 0.25) is 0 Å². The molecule has 0 radical (unpaired) electrons. The van der Waals surface area contributed by atoms with Gasteiger partial charge in [-0.25, -0.2) is 14.2 Å². The molecular formula is C26H33F4N5O3. The maximum atomic E-state index is 14.9. The Morgan fingerprint density at radius 3 is 2.63 bits per heavy atom. The van der Waals surface area contributed by atoms with Crippen LogP contribution >= 0.6 is 0 Å². The van der Waals surface area contributed by atoms with Gasteiger partial charge in [-0.1, -0.05) is 0 Å². The van der Waals surface area contributed by atoms with Gasteiger partial charge in [0.05, 0.1) is 25.5 Å². The number of amides is 2. The molecule has 0 bridgehead atoms. The molecule has 0 saturated carbocycles. The van der Waals surface area contributed by atoms with Crippen molar-refractivity contribution in [1.82, 2.24) is 9.88 Å². The fourth-order valence-corrected chi connectivity index (χ4v) is 4.78. The maximum absolute atomic E-state index is 14.9. The first-order valence-electron chi connectivity index (χ1n) is 12.7. The molecule has 3 heterocycles. The van der Waals surface area contributed by atoms with Crippen molar-refractivity contribution in [2.45, 2.75) is 38.9 Å². The molecule has 2 aromatic rings. The van der Waals surface area contributed by atoms with Gasteiger partial charge in [-0.2, -0.15) is 13.2 Å². The zero-order chi connectivity index (χ0) is 27.4. The highest BCUT2D eigenvalue weighted by Gasteiger charge is 2.36. The van der Waals surface area contributed by atoms with Crippen molar-refractivity contribution in [1.29, 1.82) is 0 Å². The molecule has 1 aromatic heterocycles. The van der Waals surface area contributed by atoms with E-state index >= 15 is 0 Å². The Balaban J connectivity index is 1.60. The van der Waals surface area contributed by atoms with Crippen LogP contribution in [0.25, 0.3) is 11.1 Å². The van der Waals surface area contributed by atoms with Crippen molar-refractivity contribution in [2.75, 3.05) is 61.5 Å². The number of anilines is 3. The first-order chi connectivity index (χ1) is 18.0. The molecule has 0 unspecified atom stereocenters. The van der Waals surface area contributed by atoms with Crippen molar-refractivity contribution in [3.8, 4) is 11.1 Å². The van der Waals surface area contributed by atoms with E-state index in [1.54, 1.807) is 13.0 Å². The number of alkyl halides is 3. The van der Waals surface area contributed by atoms with Gasteiger partial charge in [0.15, 0.2) is 0 Å². The summed E-state index contributed by atoms with van der Waals surface area (Å²) < 4.78 is 58.6. The second-order valence-corrected chi connectivity index (χ2v) is 9.92. The van der Waals surface area contributed by atoms with Gasteiger partial charge < -0.3 is 30.3 Å². The summed E-state index contributed by atoms with van der Waals surface area (Å²) in [4.78, 5) is 20.8. The lowest BCUT2D eigenvalue weighted by Crippen LogP contribution is -2.37. The van der Waals surface area contributed by atoms with E-state index < -0.39 is 30.4 Å². The number of urea groups is 1. The lowest BCUT2D eigenvalue weighted by molar-refractivity contribution is -0.143. The van der Waals surface area contributed by atoms with Crippen molar-refractivity contribution < 1.29 is 32.2 Å². The van der Waals surface area contributed by atoms with Gasteiger partial charge in [0.25, 0.3) is 0 Å². The summed E-state index contributed by atoms with van der Waals surface area (Å²) in [5.41, 5.74) is 1.97. The summed E-state index contributed by atoms with van der Waals surface area (Å²) in [5, 5.41) is 15.2. The van der Waals surface area contributed by atoms with Crippen LogP contribution in [0.2, 0.25) is 0 Å². The number of ether oxygens (including phenoxy) is 1. The number of carbonyl (C=O) groups is 1. The van der Waals surface area contributed by atoms with E-state index in [-0.39, 0.29) is 37.8 Å². The predicted octanol–water partition coefficient (Wildman–Crippen LogP) is 4.63. The molecule has 8 nitrogen and oxygen atoms in total. The Morgan fingerprint density at radius 1 is 1.21 bits per heavy atom. The third-order valence-electron chi connectivity index (χ3n) is 6.77. The molecule has 208 valence electrons. The van der Waals surface area contributed by atoms with Gasteiger partial charge in [-0.15, -0.1) is 0 Å². The minimum Gasteiger partial charge on any atom is -0.394 e. The summed E-state index contributed by atoms with van der Waals surface area (Å²) in [6.45, 7) is 6.06. The molecule has 2 fully saturated rings. The molecule has 2 aliphatic heterocycles. The number of halogens is 4. The number of nitrogens with zero attached hydrogens (tertiary/aromatic N) is 3. The van der Waals surface area contributed by atoms with Crippen LogP contribution in [0.3, 0.4) is 0 Å². The van der Waals surface area contributed by atoms with E-state index in [4.69, 9.17) is 9.72 Å². The van der Waals surface area contributed by atoms with E-state index in [1.165, 1.54) is 17.0 Å². The maximum Gasteiger partial charge on any atom is 0.389 e.